The number of sulfonamides is 1. The van der Waals surface area contributed by atoms with Crippen LogP contribution in [0.4, 0.5) is 0 Å². The number of pyridine rings is 1. The third kappa shape index (κ3) is 4.51. The number of aryl methyl sites for hydroxylation is 1. The number of rotatable bonds is 5. The number of carbonyl (C=O) groups excluding carboxylic acids is 2. The van der Waals surface area contributed by atoms with Crippen LogP contribution in [0.5, 0.6) is 0 Å². The zero-order valence-corrected chi connectivity index (χ0v) is 19.7. The summed E-state index contributed by atoms with van der Waals surface area (Å²) in [6, 6.07) is 17.1. The topological polar surface area (TPSA) is 122 Å². The van der Waals surface area contributed by atoms with E-state index in [0.717, 1.165) is 0 Å². The maximum absolute atomic E-state index is 13.1. The molecule has 0 atom stereocenters. The van der Waals surface area contributed by atoms with Gasteiger partial charge in [-0.25, -0.2) is 18.1 Å². The second-order valence-corrected chi connectivity index (χ2v) is 9.63. The third-order valence-corrected chi connectivity index (χ3v) is 6.90. The van der Waals surface area contributed by atoms with E-state index in [1.54, 1.807) is 48.5 Å². The molecule has 0 spiro atoms. The molecule has 0 aliphatic heterocycles. The zero-order chi connectivity index (χ0) is 24.5. The van der Waals surface area contributed by atoms with E-state index in [0.29, 0.717) is 27.2 Å². The van der Waals surface area contributed by atoms with E-state index in [2.05, 4.69) is 20.6 Å². The Balaban J connectivity index is 1.63. The maximum Gasteiger partial charge on any atom is 0.286 e. The molecular weight excluding hydrogens is 478 g/mol. The van der Waals surface area contributed by atoms with Crippen molar-refractivity contribution < 1.29 is 18.0 Å². The maximum atomic E-state index is 13.1. The standard InChI is InChI=1S/C23H20ClN5O4S/c1-25-34(32,33)14-11-21(29(2)13-14)23(31)28-27-22(30)17-12-20(16-8-3-5-9-18(16)24)26-19-10-6-4-7-15(17)19/h3-13,25H,1-2H3,(H,27,30)(H,28,31). The zero-order valence-electron chi connectivity index (χ0n) is 18.2. The van der Waals surface area contributed by atoms with Crippen molar-refractivity contribution in [1.82, 2.24) is 25.1 Å². The molecule has 2 amide bonds. The normalized spacial score (nSPS) is 11.4. The highest BCUT2D eigenvalue weighted by Gasteiger charge is 2.20. The van der Waals surface area contributed by atoms with Gasteiger partial charge in [0.25, 0.3) is 11.8 Å². The lowest BCUT2D eigenvalue weighted by atomic mass is 10.0. The number of halogens is 1. The number of aromatic nitrogens is 2. The molecule has 0 radical (unpaired) electrons. The fourth-order valence-electron chi connectivity index (χ4n) is 3.44. The van der Waals surface area contributed by atoms with Gasteiger partial charge in [-0.3, -0.25) is 20.4 Å². The summed E-state index contributed by atoms with van der Waals surface area (Å²) in [6.07, 6.45) is 1.30. The van der Waals surface area contributed by atoms with Gasteiger partial charge in [0.1, 0.15) is 10.6 Å². The van der Waals surface area contributed by atoms with Crippen molar-refractivity contribution in [1.29, 1.82) is 0 Å². The molecule has 174 valence electrons. The van der Waals surface area contributed by atoms with Gasteiger partial charge >= 0.3 is 0 Å². The summed E-state index contributed by atoms with van der Waals surface area (Å²) in [5.41, 5.74) is 6.81. The predicted molar refractivity (Wildman–Crippen MR) is 129 cm³/mol. The first kappa shape index (κ1) is 23.4. The van der Waals surface area contributed by atoms with Crippen molar-refractivity contribution in [3.63, 3.8) is 0 Å². The molecule has 0 aliphatic carbocycles. The van der Waals surface area contributed by atoms with Gasteiger partial charge in [0.2, 0.25) is 10.0 Å². The lowest BCUT2D eigenvalue weighted by Gasteiger charge is -2.12. The average Bonchev–Trinajstić information content (AvgIpc) is 3.24. The highest BCUT2D eigenvalue weighted by molar-refractivity contribution is 7.89. The molecule has 0 unspecified atom stereocenters. The highest BCUT2D eigenvalue weighted by Crippen LogP contribution is 2.29. The van der Waals surface area contributed by atoms with Crippen LogP contribution < -0.4 is 15.6 Å². The molecule has 34 heavy (non-hydrogen) atoms. The number of carbonyl (C=O) groups is 2. The first-order valence-electron chi connectivity index (χ1n) is 10.1. The Hall–Kier alpha value is -3.73. The summed E-state index contributed by atoms with van der Waals surface area (Å²) in [4.78, 5) is 30.2. The minimum absolute atomic E-state index is 0.0467. The van der Waals surface area contributed by atoms with Crippen LogP contribution in [0.25, 0.3) is 22.2 Å². The van der Waals surface area contributed by atoms with Crippen molar-refractivity contribution in [3.8, 4) is 11.3 Å². The minimum Gasteiger partial charge on any atom is -0.345 e. The van der Waals surface area contributed by atoms with E-state index in [-0.39, 0.29) is 16.2 Å². The largest absolute Gasteiger partial charge is 0.345 e. The lowest BCUT2D eigenvalue weighted by molar-refractivity contribution is 0.0843. The van der Waals surface area contributed by atoms with E-state index >= 15 is 0 Å². The van der Waals surface area contributed by atoms with Crippen molar-refractivity contribution in [2.75, 3.05) is 7.05 Å². The van der Waals surface area contributed by atoms with Crippen LogP contribution in [0.1, 0.15) is 20.8 Å². The number of nitrogens with one attached hydrogen (secondary N) is 3. The van der Waals surface area contributed by atoms with Gasteiger partial charge in [-0.05, 0) is 31.3 Å². The first-order chi connectivity index (χ1) is 16.2. The smallest absolute Gasteiger partial charge is 0.286 e. The molecule has 11 heteroatoms. The molecule has 0 fully saturated rings. The fraction of sp³-hybridized carbons (Fsp3) is 0.0870. The second kappa shape index (κ2) is 9.26. The SMILES string of the molecule is CNS(=O)(=O)c1cc(C(=O)NNC(=O)c2cc(-c3ccccc3Cl)nc3ccccc23)n(C)c1. The molecule has 9 nitrogen and oxygen atoms in total. The fourth-order valence-corrected chi connectivity index (χ4v) is 4.47. The molecule has 0 saturated carbocycles. The Morgan fingerprint density at radius 3 is 2.38 bits per heavy atom. The molecule has 0 bridgehead atoms. The molecule has 2 aromatic heterocycles. The van der Waals surface area contributed by atoms with Gasteiger partial charge in [0.15, 0.2) is 0 Å². The number of para-hydroxylation sites is 1. The van der Waals surface area contributed by atoms with Crippen molar-refractivity contribution in [2.45, 2.75) is 4.90 Å². The summed E-state index contributed by atoms with van der Waals surface area (Å²) in [5, 5.41) is 1.08. The molecule has 0 saturated heterocycles. The monoisotopic (exact) mass is 497 g/mol. The van der Waals surface area contributed by atoms with Crippen LogP contribution in [-0.2, 0) is 17.1 Å². The van der Waals surface area contributed by atoms with Crippen molar-refractivity contribution >= 4 is 44.3 Å². The Morgan fingerprint density at radius 1 is 0.971 bits per heavy atom. The van der Waals surface area contributed by atoms with Gasteiger partial charge in [0.05, 0.1) is 16.8 Å². The number of nitrogens with zero attached hydrogens (tertiary/aromatic N) is 2. The van der Waals surface area contributed by atoms with E-state index < -0.39 is 21.8 Å². The van der Waals surface area contributed by atoms with Gasteiger partial charge < -0.3 is 4.57 Å². The van der Waals surface area contributed by atoms with Crippen molar-refractivity contribution in [2.24, 2.45) is 7.05 Å². The van der Waals surface area contributed by atoms with Gasteiger partial charge in [-0.1, -0.05) is 48.0 Å². The molecule has 2 heterocycles. The van der Waals surface area contributed by atoms with E-state index in [4.69, 9.17) is 11.6 Å². The predicted octanol–water partition coefficient (Wildman–Crippen LogP) is 2.88. The Labute approximate surface area is 200 Å². The van der Waals surface area contributed by atoms with Crippen LogP contribution in [0, 0.1) is 0 Å². The number of hydrazine groups is 1. The van der Waals surface area contributed by atoms with Crippen molar-refractivity contribution in [3.05, 3.63) is 83.1 Å². The third-order valence-electron chi connectivity index (χ3n) is 5.19. The molecule has 4 aromatic rings. The quantitative estimate of drug-likeness (QED) is 0.366. The number of hydrogen-bond acceptors (Lipinski definition) is 5. The summed E-state index contributed by atoms with van der Waals surface area (Å²) in [7, 11) is -0.921. The molecule has 4 rings (SSSR count). The van der Waals surface area contributed by atoms with Gasteiger partial charge in [-0.15, -0.1) is 0 Å². The van der Waals surface area contributed by atoms with Crippen LogP contribution in [0.15, 0.2) is 71.8 Å². The Morgan fingerprint density at radius 2 is 1.65 bits per heavy atom. The van der Waals surface area contributed by atoms with E-state index in [1.165, 1.54) is 30.9 Å². The second-order valence-electron chi connectivity index (χ2n) is 7.34. The Bertz CT molecular complexity index is 1530. The van der Waals surface area contributed by atoms with Crippen LogP contribution in [0.2, 0.25) is 5.02 Å². The molecule has 2 aromatic carbocycles. The van der Waals surface area contributed by atoms with Gasteiger partial charge in [-0.2, -0.15) is 0 Å². The lowest BCUT2D eigenvalue weighted by Crippen LogP contribution is -2.42. The molecule has 0 aliphatic rings. The van der Waals surface area contributed by atoms with Gasteiger partial charge in [0, 0.05) is 29.2 Å². The summed E-state index contributed by atoms with van der Waals surface area (Å²) in [6.45, 7) is 0. The van der Waals surface area contributed by atoms with Crippen LogP contribution in [-0.4, -0.2) is 36.8 Å². The minimum atomic E-state index is -3.72. The average molecular weight is 498 g/mol. The summed E-state index contributed by atoms with van der Waals surface area (Å²) in [5.74, 6) is -1.25. The van der Waals surface area contributed by atoms with E-state index in [9.17, 15) is 18.0 Å². The highest BCUT2D eigenvalue weighted by atomic mass is 35.5. The molecule has 3 N–H and O–H groups in total. The van der Waals surface area contributed by atoms with Crippen LogP contribution >= 0.6 is 11.6 Å². The number of benzene rings is 2. The molecular formula is C23H20ClN5O4S. The number of amides is 2. The first-order valence-corrected chi connectivity index (χ1v) is 11.9. The summed E-state index contributed by atoms with van der Waals surface area (Å²) >= 11 is 6.32. The number of hydrogen-bond donors (Lipinski definition) is 3. The Kier molecular flexibility index (Phi) is 6.38. The number of fused-ring (bicyclic) bond motifs is 1. The van der Waals surface area contributed by atoms with Crippen LogP contribution in [0.3, 0.4) is 0 Å². The summed E-state index contributed by atoms with van der Waals surface area (Å²) < 4.78 is 27.5. The van der Waals surface area contributed by atoms with E-state index in [1.807, 2.05) is 6.07 Å².